The molecule has 0 aliphatic heterocycles. The Morgan fingerprint density at radius 2 is 1.64 bits per heavy atom. The van der Waals surface area contributed by atoms with Gasteiger partial charge in [0.25, 0.3) is 5.91 Å². The lowest BCUT2D eigenvalue weighted by atomic mass is 10.2. The van der Waals surface area contributed by atoms with Crippen LogP contribution in [0.1, 0.15) is 10.4 Å². The van der Waals surface area contributed by atoms with Gasteiger partial charge < -0.3 is 14.8 Å². The summed E-state index contributed by atoms with van der Waals surface area (Å²) in [7, 11) is 2.07. The normalized spacial score (nSPS) is 11.2. The van der Waals surface area contributed by atoms with E-state index in [2.05, 4.69) is 5.32 Å². The van der Waals surface area contributed by atoms with Crippen LogP contribution in [0.15, 0.2) is 47.4 Å². The Balaban J connectivity index is 2.32. The predicted octanol–water partition coefficient (Wildman–Crippen LogP) is 2.21. The second kappa shape index (κ2) is 7.54. The van der Waals surface area contributed by atoms with E-state index in [-0.39, 0.29) is 16.6 Å². The van der Waals surface area contributed by atoms with Crippen molar-refractivity contribution in [1.82, 2.24) is 4.31 Å². The van der Waals surface area contributed by atoms with Crippen molar-refractivity contribution in [2.75, 3.05) is 33.6 Å². The van der Waals surface area contributed by atoms with Crippen molar-refractivity contribution in [2.24, 2.45) is 0 Å². The molecule has 0 saturated heterocycles. The lowest BCUT2D eigenvalue weighted by Gasteiger charge is -2.16. The number of rotatable bonds is 6. The first kappa shape index (κ1) is 18.8. The SMILES string of the molecule is COc1ccc(C(=O)Nc2ccc(OC)c(S(=O)(=O)N(C)C)c2)cc1. The lowest BCUT2D eigenvalue weighted by Crippen LogP contribution is -2.23. The van der Waals surface area contributed by atoms with E-state index in [1.165, 1.54) is 33.3 Å². The Hall–Kier alpha value is -2.58. The lowest BCUT2D eigenvalue weighted by molar-refractivity contribution is 0.102. The molecule has 0 fully saturated rings. The largest absolute Gasteiger partial charge is 0.497 e. The van der Waals surface area contributed by atoms with Crippen molar-refractivity contribution in [2.45, 2.75) is 4.90 Å². The summed E-state index contributed by atoms with van der Waals surface area (Å²) in [5.41, 5.74) is 0.774. The summed E-state index contributed by atoms with van der Waals surface area (Å²) in [4.78, 5) is 12.3. The van der Waals surface area contributed by atoms with E-state index >= 15 is 0 Å². The average molecular weight is 364 g/mol. The fourth-order valence-corrected chi connectivity index (χ4v) is 3.17. The molecule has 0 spiro atoms. The van der Waals surface area contributed by atoms with Gasteiger partial charge in [-0.3, -0.25) is 4.79 Å². The zero-order chi connectivity index (χ0) is 18.6. The molecular formula is C17H20N2O5S. The minimum absolute atomic E-state index is 0.0208. The monoisotopic (exact) mass is 364 g/mol. The van der Waals surface area contributed by atoms with Gasteiger partial charge in [0.1, 0.15) is 16.4 Å². The fraction of sp³-hybridized carbons (Fsp3) is 0.235. The molecule has 25 heavy (non-hydrogen) atoms. The van der Waals surface area contributed by atoms with Crippen LogP contribution in [0, 0.1) is 0 Å². The van der Waals surface area contributed by atoms with E-state index in [1.54, 1.807) is 37.4 Å². The van der Waals surface area contributed by atoms with Crippen LogP contribution >= 0.6 is 0 Å². The van der Waals surface area contributed by atoms with Crippen LogP contribution < -0.4 is 14.8 Å². The molecule has 1 N–H and O–H groups in total. The second-order valence-electron chi connectivity index (χ2n) is 5.34. The van der Waals surface area contributed by atoms with Gasteiger partial charge in [0.2, 0.25) is 10.0 Å². The number of carbonyl (C=O) groups excluding carboxylic acids is 1. The number of ether oxygens (including phenoxy) is 2. The van der Waals surface area contributed by atoms with E-state index < -0.39 is 10.0 Å². The highest BCUT2D eigenvalue weighted by Crippen LogP contribution is 2.29. The number of sulfonamides is 1. The minimum atomic E-state index is -3.71. The maximum atomic E-state index is 12.4. The highest BCUT2D eigenvalue weighted by atomic mass is 32.2. The van der Waals surface area contributed by atoms with Crippen LogP contribution in [-0.4, -0.2) is 46.9 Å². The van der Waals surface area contributed by atoms with Crippen LogP contribution in [0.4, 0.5) is 5.69 Å². The van der Waals surface area contributed by atoms with Crippen LogP contribution in [0.5, 0.6) is 11.5 Å². The number of carbonyl (C=O) groups is 1. The number of amides is 1. The molecule has 1 amide bonds. The first-order valence-electron chi connectivity index (χ1n) is 7.35. The molecule has 0 aromatic heterocycles. The van der Waals surface area contributed by atoms with Crippen LogP contribution in [0.25, 0.3) is 0 Å². The summed E-state index contributed by atoms with van der Waals surface area (Å²) < 4.78 is 36.1. The number of anilines is 1. The summed E-state index contributed by atoms with van der Waals surface area (Å²) in [6, 6.07) is 11.0. The summed E-state index contributed by atoms with van der Waals surface area (Å²) in [5, 5.41) is 2.68. The number of hydrogen-bond acceptors (Lipinski definition) is 5. The summed E-state index contributed by atoms with van der Waals surface area (Å²) in [6.07, 6.45) is 0. The zero-order valence-corrected chi connectivity index (χ0v) is 15.3. The molecule has 0 unspecified atom stereocenters. The van der Waals surface area contributed by atoms with E-state index in [1.807, 2.05) is 0 Å². The molecule has 0 saturated carbocycles. The number of nitrogens with one attached hydrogen (secondary N) is 1. The van der Waals surface area contributed by atoms with Crippen LogP contribution in [0.2, 0.25) is 0 Å². The van der Waals surface area contributed by atoms with Crippen molar-refractivity contribution >= 4 is 21.6 Å². The predicted molar refractivity (Wildman–Crippen MR) is 94.8 cm³/mol. The Kier molecular flexibility index (Phi) is 5.66. The Morgan fingerprint density at radius 3 is 2.16 bits per heavy atom. The van der Waals surface area contributed by atoms with Crippen molar-refractivity contribution in [3.05, 3.63) is 48.0 Å². The van der Waals surface area contributed by atoms with Gasteiger partial charge in [0.05, 0.1) is 14.2 Å². The zero-order valence-electron chi connectivity index (χ0n) is 14.4. The molecule has 2 rings (SSSR count). The molecule has 7 nitrogen and oxygen atoms in total. The van der Waals surface area contributed by atoms with Gasteiger partial charge in [-0.05, 0) is 42.5 Å². The van der Waals surface area contributed by atoms with Crippen molar-refractivity contribution < 1.29 is 22.7 Å². The van der Waals surface area contributed by atoms with E-state index in [4.69, 9.17) is 9.47 Å². The Labute approximate surface area is 147 Å². The summed E-state index contributed by atoms with van der Waals surface area (Å²) in [5.74, 6) is 0.484. The van der Waals surface area contributed by atoms with E-state index in [9.17, 15) is 13.2 Å². The molecule has 2 aromatic rings. The van der Waals surface area contributed by atoms with Gasteiger partial charge in [-0.15, -0.1) is 0 Å². The molecule has 2 aromatic carbocycles. The van der Waals surface area contributed by atoms with Gasteiger partial charge in [-0.1, -0.05) is 0 Å². The van der Waals surface area contributed by atoms with Gasteiger partial charge in [0, 0.05) is 25.3 Å². The van der Waals surface area contributed by atoms with Crippen LogP contribution in [-0.2, 0) is 10.0 Å². The van der Waals surface area contributed by atoms with Crippen LogP contribution in [0.3, 0.4) is 0 Å². The third kappa shape index (κ3) is 4.09. The number of hydrogen-bond donors (Lipinski definition) is 1. The quantitative estimate of drug-likeness (QED) is 0.849. The molecule has 0 aliphatic rings. The Bertz CT molecular complexity index is 861. The van der Waals surface area contributed by atoms with Gasteiger partial charge in [-0.2, -0.15) is 0 Å². The summed E-state index contributed by atoms with van der Waals surface area (Å²) >= 11 is 0. The van der Waals surface area contributed by atoms with Crippen molar-refractivity contribution in [3.63, 3.8) is 0 Å². The first-order chi connectivity index (χ1) is 11.8. The van der Waals surface area contributed by atoms with E-state index in [0.717, 1.165) is 4.31 Å². The van der Waals surface area contributed by atoms with E-state index in [0.29, 0.717) is 17.0 Å². The molecule has 8 heteroatoms. The van der Waals surface area contributed by atoms with Gasteiger partial charge >= 0.3 is 0 Å². The molecule has 0 bridgehead atoms. The smallest absolute Gasteiger partial charge is 0.255 e. The number of benzene rings is 2. The van der Waals surface area contributed by atoms with Gasteiger partial charge in [-0.25, -0.2) is 12.7 Å². The van der Waals surface area contributed by atoms with Crippen molar-refractivity contribution in [3.8, 4) is 11.5 Å². The first-order valence-corrected chi connectivity index (χ1v) is 8.79. The second-order valence-corrected chi connectivity index (χ2v) is 7.46. The highest BCUT2D eigenvalue weighted by Gasteiger charge is 2.23. The minimum Gasteiger partial charge on any atom is -0.497 e. The maximum absolute atomic E-state index is 12.4. The highest BCUT2D eigenvalue weighted by molar-refractivity contribution is 7.89. The summed E-state index contributed by atoms with van der Waals surface area (Å²) in [6.45, 7) is 0. The molecule has 0 aliphatic carbocycles. The maximum Gasteiger partial charge on any atom is 0.255 e. The molecular weight excluding hydrogens is 344 g/mol. The number of nitrogens with zero attached hydrogens (tertiary/aromatic N) is 1. The molecule has 0 atom stereocenters. The number of methoxy groups -OCH3 is 2. The third-order valence-electron chi connectivity index (χ3n) is 3.53. The molecule has 0 radical (unpaired) electrons. The third-order valence-corrected chi connectivity index (χ3v) is 5.37. The topological polar surface area (TPSA) is 84.9 Å². The van der Waals surface area contributed by atoms with Gasteiger partial charge in [0.15, 0.2) is 0 Å². The standard InChI is InChI=1S/C17H20N2O5S/c1-19(2)25(21,22)16-11-13(7-10-15(16)24-4)18-17(20)12-5-8-14(23-3)9-6-12/h5-11H,1-4H3,(H,18,20). The molecule has 0 heterocycles. The molecule has 134 valence electrons. The fourth-order valence-electron chi connectivity index (χ4n) is 2.10. The Morgan fingerprint density at radius 1 is 1.00 bits per heavy atom. The van der Waals surface area contributed by atoms with Crippen molar-refractivity contribution in [1.29, 1.82) is 0 Å². The average Bonchev–Trinajstić information content (AvgIpc) is 2.61.